The van der Waals surface area contributed by atoms with Gasteiger partial charge in [-0.2, -0.15) is 13.2 Å². The lowest BCUT2D eigenvalue weighted by atomic mass is 9.90. The molecule has 0 radical (unpaired) electrons. The van der Waals surface area contributed by atoms with Crippen LogP contribution in [0, 0.1) is 17.8 Å². The fourth-order valence-corrected chi connectivity index (χ4v) is 3.54. The third-order valence-corrected chi connectivity index (χ3v) is 4.92. The van der Waals surface area contributed by atoms with Gasteiger partial charge in [-0.1, -0.05) is 0 Å². The molecular formula is C15H24F3N3O2. The van der Waals surface area contributed by atoms with E-state index < -0.39 is 23.9 Å². The Morgan fingerprint density at radius 1 is 1.17 bits per heavy atom. The van der Waals surface area contributed by atoms with Gasteiger partial charge in [-0.05, 0) is 25.8 Å². The largest absolute Gasteiger partial charge is 0.393 e. The lowest BCUT2D eigenvalue weighted by Gasteiger charge is -2.34. The number of carbonyl (C=O) groups excluding carboxylic acids is 2. The molecule has 5 nitrogen and oxygen atoms in total. The van der Waals surface area contributed by atoms with Gasteiger partial charge in [0.15, 0.2) is 0 Å². The van der Waals surface area contributed by atoms with E-state index in [9.17, 15) is 22.8 Å². The van der Waals surface area contributed by atoms with Gasteiger partial charge < -0.3 is 15.1 Å². The smallest absolute Gasteiger partial charge is 0.359 e. The summed E-state index contributed by atoms with van der Waals surface area (Å²) in [7, 11) is 3.19. The summed E-state index contributed by atoms with van der Waals surface area (Å²) in [5, 5.41) is 2.57. The van der Waals surface area contributed by atoms with Gasteiger partial charge in [0.2, 0.25) is 11.8 Å². The minimum Gasteiger partial charge on any atom is -0.359 e. The Morgan fingerprint density at radius 2 is 1.78 bits per heavy atom. The maximum atomic E-state index is 13.1. The molecule has 0 saturated carbocycles. The molecule has 2 saturated heterocycles. The zero-order valence-electron chi connectivity index (χ0n) is 13.5. The Kier molecular flexibility index (Phi) is 5.54. The predicted octanol–water partition coefficient (Wildman–Crippen LogP) is 1.10. The molecule has 0 aromatic heterocycles. The SMILES string of the molecule is CNC(=O)CC1CCN(C(=O)[C@@H]2CN(C)C[C@H]2C(F)(F)F)CC1. The van der Waals surface area contributed by atoms with E-state index in [2.05, 4.69) is 5.32 Å². The van der Waals surface area contributed by atoms with Crippen LogP contribution in [-0.4, -0.2) is 68.1 Å². The number of rotatable bonds is 3. The number of likely N-dealkylation sites (tertiary alicyclic amines) is 2. The molecule has 2 amide bonds. The minimum absolute atomic E-state index is 0.0377. The first-order chi connectivity index (χ1) is 10.7. The van der Waals surface area contributed by atoms with Crippen LogP contribution >= 0.6 is 0 Å². The highest BCUT2D eigenvalue weighted by Gasteiger charge is 2.52. The molecule has 0 bridgehead atoms. The zero-order valence-corrected chi connectivity index (χ0v) is 13.5. The van der Waals surface area contributed by atoms with Gasteiger partial charge in [0.25, 0.3) is 0 Å². The molecule has 0 spiro atoms. The first kappa shape index (κ1) is 18.0. The lowest BCUT2D eigenvalue weighted by molar-refractivity contribution is -0.186. The average molecular weight is 335 g/mol. The standard InChI is InChI=1S/C15H24F3N3O2/c1-19-13(22)7-10-3-5-21(6-4-10)14(23)11-8-20(2)9-12(11)15(16,17)18/h10-12H,3-9H2,1-2H3,(H,19,22)/t11-,12-/m1/s1. The lowest BCUT2D eigenvalue weighted by Crippen LogP contribution is -2.46. The van der Waals surface area contributed by atoms with Gasteiger partial charge >= 0.3 is 6.18 Å². The molecule has 0 aromatic rings. The van der Waals surface area contributed by atoms with Crippen molar-refractivity contribution < 1.29 is 22.8 Å². The van der Waals surface area contributed by atoms with Gasteiger partial charge in [0.1, 0.15) is 0 Å². The van der Waals surface area contributed by atoms with Crippen LogP contribution in [0.3, 0.4) is 0 Å². The molecule has 2 atom stereocenters. The van der Waals surface area contributed by atoms with E-state index in [0.717, 1.165) is 0 Å². The molecule has 2 rings (SSSR count). The van der Waals surface area contributed by atoms with Gasteiger partial charge in [0.05, 0.1) is 11.8 Å². The van der Waals surface area contributed by atoms with Gasteiger partial charge in [0, 0.05) is 39.6 Å². The average Bonchev–Trinajstić information content (AvgIpc) is 2.89. The number of carbonyl (C=O) groups is 2. The molecule has 1 N–H and O–H groups in total. The summed E-state index contributed by atoms with van der Waals surface area (Å²) in [5.41, 5.74) is 0. The monoisotopic (exact) mass is 335 g/mol. The van der Waals surface area contributed by atoms with Crippen molar-refractivity contribution in [3.63, 3.8) is 0 Å². The maximum absolute atomic E-state index is 13.1. The van der Waals surface area contributed by atoms with Crippen molar-refractivity contribution in [2.75, 3.05) is 40.3 Å². The molecule has 23 heavy (non-hydrogen) atoms. The van der Waals surface area contributed by atoms with Crippen LogP contribution in [-0.2, 0) is 9.59 Å². The number of alkyl halides is 3. The van der Waals surface area contributed by atoms with Crippen LogP contribution in [0.4, 0.5) is 13.2 Å². The van der Waals surface area contributed by atoms with Crippen LogP contribution in [0.5, 0.6) is 0 Å². The number of amides is 2. The second-order valence-corrected chi connectivity index (χ2v) is 6.62. The number of nitrogens with one attached hydrogen (secondary N) is 1. The summed E-state index contributed by atoms with van der Waals surface area (Å²) in [6.45, 7) is 0.908. The molecule has 8 heteroatoms. The van der Waals surface area contributed by atoms with Gasteiger partial charge in [-0.3, -0.25) is 9.59 Å². The van der Waals surface area contributed by atoms with Crippen LogP contribution in [0.25, 0.3) is 0 Å². The summed E-state index contributed by atoms with van der Waals surface area (Å²) >= 11 is 0. The van der Waals surface area contributed by atoms with E-state index in [1.807, 2.05) is 0 Å². The molecular weight excluding hydrogens is 311 g/mol. The van der Waals surface area contributed by atoms with Gasteiger partial charge in [-0.15, -0.1) is 0 Å². The third-order valence-electron chi connectivity index (χ3n) is 4.92. The second-order valence-electron chi connectivity index (χ2n) is 6.62. The quantitative estimate of drug-likeness (QED) is 0.840. The summed E-state index contributed by atoms with van der Waals surface area (Å²) in [6.07, 6.45) is -2.60. The molecule has 2 heterocycles. The highest BCUT2D eigenvalue weighted by Crippen LogP contribution is 2.38. The normalized spacial score (nSPS) is 27.3. The topological polar surface area (TPSA) is 52.7 Å². The van der Waals surface area contributed by atoms with Crippen LogP contribution in [0.15, 0.2) is 0 Å². The van der Waals surface area contributed by atoms with Crippen molar-refractivity contribution >= 4 is 11.8 Å². The Labute approximate surface area is 134 Å². The van der Waals surface area contributed by atoms with Crippen molar-refractivity contribution in [2.45, 2.75) is 25.4 Å². The fraction of sp³-hybridized carbons (Fsp3) is 0.867. The number of nitrogens with zero attached hydrogens (tertiary/aromatic N) is 2. The van der Waals surface area contributed by atoms with Crippen molar-refractivity contribution in [3.8, 4) is 0 Å². The maximum Gasteiger partial charge on any atom is 0.393 e. The van der Waals surface area contributed by atoms with E-state index in [-0.39, 0.29) is 24.9 Å². The summed E-state index contributed by atoms with van der Waals surface area (Å²) in [4.78, 5) is 27.0. The van der Waals surface area contributed by atoms with Crippen LogP contribution < -0.4 is 5.32 Å². The van der Waals surface area contributed by atoms with Crippen molar-refractivity contribution in [1.29, 1.82) is 0 Å². The Morgan fingerprint density at radius 3 is 2.30 bits per heavy atom. The minimum atomic E-state index is -4.34. The Hall–Kier alpha value is -1.31. The van der Waals surface area contributed by atoms with Gasteiger partial charge in [-0.25, -0.2) is 0 Å². The van der Waals surface area contributed by atoms with Crippen molar-refractivity contribution in [2.24, 2.45) is 17.8 Å². The van der Waals surface area contributed by atoms with E-state index in [1.54, 1.807) is 23.9 Å². The summed E-state index contributed by atoms with van der Waals surface area (Å²) < 4.78 is 39.3. The Balaban J connectivity index is 1.93. The highest BCUT2D eigenvalue weighted by molar-refractivity contribution is 5.80. The fourth-order valence-electron chi connectivity index (χ4n) is 3.54. The molecule has 2 aliphatic rings. The number of hydrogen-bond donors (Lipinski definition) is 1. The molecule has 0 unspecified atom stereocenters. The highest BCUT2D eigenvalue weighted by atomic mass is 19.4. The van der Waals surface area contributed by atoms with E-state index in [0.29, 0.717) is 32.4 Å². The summed E-state index contributed by atoms with van der Waals surface area (Å²) in [6, 6.07) is 0. The predicted molar refractivity (Wildman–Crippen MR) is 78.5 cm³/mol. The van der Waals surface area contributed by atoms with Crippen molar-refractivity contribution in [3.05, 3.63) is 0 Å². The molecule has 0 aliphatic carbocycles. The number of piperidine rings is 1. The molecule has 132 valence electrons. The molecule has 0 aromatic carbocycles. The van der Waals surface area contributed by atoms with E-state index in [1.165, 1.54) is 0 Å². The van der Waals surface area contributed by atoms with E-state index >= 15 is 0 Å². The third kappa shape index (κ3) is 4.37. The molecule has 2 aliphatic heterocycles. The number of halogens is 3. The second kappa shape index (κ2) is 7.07. The zero-order chi connectivity index (χ0) is 17.2. The Bertz CT molecular complexity index is 448. The van der Waals surface area contributed by atoms with Crippen LogP contribution in [0.1, 0.15) is 19.3 Å². The van der Waals surface area contributed by atoms with Crippen LogP contribution in [0.2, 0.25) is 0 Å². The first-order valence-corrected chi connectivity index (χ1v) is 7.97. The first-order valence-electron chi connectivity index (χ1n) is 7.97. The number of hydrogen-bond acceptors (Lipinski definition) is 3. The van der Waals surface area contributed by atoms with Crippen molar-refractivity contribution in [1.82, 2.24) is 15.1 Å². The van der Waals surface area contributed by atoms with E-state index in [4.69, 9.17) is 0 Å². The molecule has 2 fully saturated rings. The summed E-state index contributed by atoms with van der Waals surface area (Å²) in [5.74, 6) is -2.82.